The monoisotopic (exact) mass is 461 g/mol. The van der Waals surface area contributed by atoms with Crippen molar-refractivity contribution in [3.8, 4) is 22.8 Å². The Kier molecular flexibility index (Phi) is 5.53. The maximum atomic E-state index is 13.5. The third-order valence-electron chi connectivity index (χ3n) is 6.42. The minimum Gasteiger partial charge on any atom is -0.497 e. The number of para-hydroxylation sites is 1. The van der Waals surface area contributed by atoms with Crippen molar-refractivity contribution in [1.29, 1.82) is 0 Å². The van der Waals surface area contributed by atoms with Gasteiger partial charge in [-0.05, 0) is 42.8 Å². The molecule has 0 saturated heterocycles. The van der Waals surface area contributed by atoms with Gasteiger partial charge in [0.15, 0.2) is 0 Å². The van der Waals surface area contributed by atoms with Crippen molar-refractivity contribution in [2.45, 2.75) is 19.6 Å². The van der Waals surface area contributed by atoms with Crippen LogP contribution in [0.1, 0.15) is 24.3 Å². The average molecular weight is 462 g/mol. The van der Waals surface area contributed by atoms with Gasteiger partial charge in [0.2, 0.25) is 0 Å². The number of aromatic nitrogens is 3. The lowest BCUT2D eigenvalue weighted by atomic mass is 10.0. The molecule has 0 unspecified atom stereocenters. The molecule has 2 aromatic heterocycles. The minimum absolute atomic E-state index is 0.331. The predicted molar refractivity (Wildman–Crippen MR) is 130 cm³/mol. The summed E-state index contributed by atoms with van der Waals surface area (Å²) in [4.78, 5) is 26.5. The van der Waals surface area contributed by atoms with Crippen molar-refractivity contribution in [3.05, 3.63) is 80.6 Å². The second-order valence-corrected chi connectivity index (χ2v) is 8.27. The lowest BCUT2D eigenvalue weighted by molar-refractivity contribution is 0.0461. The first-order valence-corrected chi connectivity index (χ1v) is 11.3. The Balaban J connectivity index is 1.89. The number of methoxy groups -OCH3 is 1. The topological polar surface area (TPSA) is 76.6 Å². The molecular weight excluding hydrogens is 434 g/mol. The lowest BCUT2D eigenvalue weighted by Crippen LogP contribution is -2.37. The van der Waals surface area contributed by atoms with Crippen molar-refractivity contribution in [3.63, 3.8) is 0 Å². The van der Waals surface area contributed by atoms with E-state index in [1.54, 1.807) is 18.7 Å². The summed E-state index contributed by atoms with van der Waals surface area (Å²) in [5.74, 6) is 1.45. The highest BCUT2D eigenvalue weighted by Crippen LogP contribution is 2.42. The van der Waals surface area contributed by atoms with Crippen LogP contribution in [0.25, 0.3) is 22.2 Å². The van der Waals surface area contributed by atoms with Gasteiger partial charge >= 0.3 is 5.69 Å². The Hall–Kier alpha value is -3.78. The molecule has 8 heteroatoms. The zero-order chi connectivity index (χ0) is 24.0. The summed E-state index contributed by atoms with van der Waals surface area (Å²) >= 11 is 0. The summed E-state index contributed by atoms with van der Waals surface area (Å²) in [5.41, 5.74) is 3.14. The van der Waals surface area contributed by atoms with E-state index in [0.29, 0.717) is 30.7 Å². The highest BCUT2D eigenvalue weighted by Gasteiger charge is 2.34. The Labute approximate surface area is 196 Å². The van der Waals surface area contributed by atoms with E-state index in [9.17, 15) is 9.59 Å². The molecule has 0 spiro atoms. The molecule has 0 radical (unpaired) electrons. The molecular formula is C26H27N3O5. The van der Waals surface area contributed by atoms with Gasteiger partial charge < -0.3 is 18.8 Å². The van der Waals surface area contributed by atoms with Gasteiger partial charge in [-0.2, -0.15) is 0 Å². The smallest absolute Gasteiger partial charge is 0.331 e. The molecule has 4 aromatic rings. The van der Waals surface area contributed by atoms with Gasteiger partial charge in [0, 0.05) is 26.2 Å². The van der Waals surface area contributed by atoms with E-state index < -0.39 is 6.10 Å². The Morgan fingerprint density at radius 3 is 2.47 bits per heavy atom. The molecule has 0 aliphatic carbocycles. The number of aryl methyl sites for hydroxylation is 1. The largest absolute Gasteiger partial charge is 0.497 e. The van der Waals surface area contributed by atoms with Crippen molar-refractivity contribution >= 4 is 10.9 Å². The lowest BCUT2D eigenvalue weighted by Gasteiger charge is -2.28. The van der Waals surface area contributed by atoms with E-state index in [1.807, 2.05) is 55.5 Å². The Bertz CT molecular complexity index is 1490. The molecule has 0 bridgehead atoms. The van der Waals surface area contributed by atoms with E-state index in [0.717, 1.165) is 38.6 Å². The van der Waals surface area contributed by atoms with E-state index in [4.69, 9.17) is 14.2 Å². The minimum atomic E-state index is -0.497. The van der Waals surface area contributed by atoms with Crippen LogP contribution in [0.5, 0.6) is 11.5 Å². The van der Waals surface area contributed by atoms with E-state index >= 15 is 0 Å². The standard InChI is InChI=1S/C26H27N3O5/c1-5-33-19-9-7-6-8-18(19)24-23-22-20(25(30)28(3)26(31)27(22)2)21(29(23)14-15-34-24)16-10-12-17(32-4)13-11-16/h6-13,24H,5,14-15H2,1-4H3/t24-/m0/s1. The predicted octanol–water partition coefficient (Wildman–Crippen LogP) is 3.23. The molecule has 0 fully saturated rings. The normalized spacial score (nSPS) is 15.4. The number of fused-ring (bicyclic) bond motifs is 3. The van der Waals surface area contributed by atoms with Crippen molar-refractivity contribution in [1.82, 2.24) is 13.7 Å². The maximum absolute atomic E-state index is 13.5. The summed E-state index contributed by atoms with van der Waals surface area (Å²) in [6.45, 7) is 3.46. The molecule has 3 heterocycles. The summed E-state index contributed by atoms with van der Waals surface area (Å²) in [6, 6.07) is 15.3. The maximum Gasteiger partial charge on any atom is 0.331 e. The van der Waals surface area contributed by atoms with Gasteiger partial charge in [-0.1, -0.05) is 18.2 Å². The number of hydrogen-bond donors (Lipinski definition) is 0. The second-order valence-electron chi connectivity index (χ2n) is 8.27. The third-order valence-corrected chi connectivity index (χ3v) is 6.42. The molecule has 2 aromatic carbocycles. The van der Waals surface area contributed by atoms with Gasteiger partial charge in [0.05, 0.1) is 42.6 Å². The van der Waals surface area contributed by atoms with Crippen LogP contribution in [-0.4, -0.2) is 34.0 Å². The Morgan fingerprint density at radius 1 is 1.03 bits per heavy atom. The van der Waals surface area contributed by atoms with E-state index in [1.165, 1.54) is 7.05 Å². The molecule has 1 aliphatic rings. The van der Waals surface area contributed by atoms with Crippen molar-refractivity contribution < 1.29 is 14.2 Å². The second kappa shape index (κ2) is 8.53. The van der Waals surface area contributed by atoms with Crippen LogP contribution >= 0.6 is 0 Å². The van der Waals surface area contributed by atoms with Gasteiger partial charge in [-0.25, -0.2) is 4.79 Å². The van der Waals surface area contributed by atoms with Gasteiger partial charge in [-0.15, -0.1) is 0 Å². The van der Waals surface area contributed by atoms with Crippen LogP contribution in [0, 0.1) is 0 Å². The number of nitrogens with zero attached hydrogens (tertiary/aromatic N) is 3. The van der Waals surface area contributed by atoms with Crippen LogP contribution in [0.2, 0.25) is 0 Å². The fourth-order valence-electron chi connectivity index (χ4n) is 4.85. The molecule has 1 atom stereocenters. The quantitative estimate of drug-likeness (QED) is 0.456. The highest BCUT2D eigenvalue weighted by atomic mass is 16.5. The van der Waals surface area contributed by atoms with Crippen LogP contribution in [0.4, 0.5) is 0 Å². The SMILES string of the molecule is CCOc1ccccc1[C@@H]1OCCn2c(-c3ccc(OC)cc3)c3c(=O)n(C)c(=O)n(C)c3c21. The number of benzene rings is 2. The number of rotatable bonds is 5. The first kappa shape index (κ1) is 22.0. The number of ether oxygens (including phenoxy) is 3. The zero-order valence-corrected chi connectivity index (χ0v) is 19.7. The number of hydrogen-bond acceptors (Lipinski definition) is 5. The van der Waals surface area contributed by atoms with E-state index in [2.05, 4.69) is 4.57 Å². The summed E-state index contributed by atoms with van der Waals surface area (Å²) in [6.07, 6.45) is -0.497. The molecule has 0 amide bonds. The third kappa shape index (κ3) is 3.25. The van der Waals surface area contributed by atoms with Crippen LogP contribution in [0.15, 0.2) is 58.1 Å². The average Bonchev–Trinajstić information content (AvgIpc) is 3.22. The molecule has 8 nitrogen and oxygen atoms in total. The summed E-state index contributed by atoms with van der Waals surface area (Å²) in [5, 5.41) is 0.495. The molecule has 34 heavy (non-hydrogen) atoms. The molecule has 1 aliphatic heterocycles. The van der Waals surface area contributed by atoms with Crippen molar-refractivity contribution in [2.75, 3.05) is 20.3 Å². The zero-order valence-electron chi connectivity index (χ0n) is 19.7. The van der Waals surface area contributed by atoms with Crippen LogP contribution in [-0.2, 0) is 25.4 Å². The highest BCUT2D eigenvalue weighted by molar-refractivity contribution is 5.96. The Morgan fingerprint density at radius 2 is 1.76 bits per heavy atom. The fraction of sp³-hybridized carbons (Fsp3) is 0.308. The van der Waals surface area contributed by atoms with Gasteiger partial charge in [-0.3, -0.25) is 13.9 Å². The molecule has 176 valence electrons. The van der Waals surface area contributed by atoms with Crippen LogP contribution in [0.3, 0.4) is 0 Å². The first-order valence-electron chi connectivity index (χ1n) is 11.3. The fourth-order valence-corrected chi connectivity index (χ4v) is 4.85. The summed E-state index contributed by atoms with van der Waals surface area (Å²) < 4.78 is 22.3. The van der Waals surface area contributed by atoms with Gasteiger partial charge in [0.1, 0.15) is 17.6 Å². The first-order chi connectivity index (χ1) is 16.5. The summed E-state index contributed by atoms with van der Waals surface area (Å²) in [7, 11) is 4.83. The van der Waals surface area contributed by atoms with E-state index in [-0.39, 0.29) is 11.2 Å². The molecule has 5 rings (SSSR count). The molecule has 0 saturated carbocycles. The van der Waals surface area contributed by atoms with Gasteiger partial charge in [0.25, 0.3) is 5.56 Å². The van der Waals surface area contributed by atoms with Crippen molar-refractivity contribution in [2.24, 2.45) is 14.1 Å². The van der Waals surface area contributed by atoms with Crippen LogP contribution < -0.4 is 20.7 Å². The molecule has 0 N–H and O–H groups in total.